The lowest BCUT2D eigenvalue weighted by molar-refractivity contribution is -0.102. The Morgan fingerprint density at radius 2 is 1.70 bits per heavy atom. The molecule has 0 aromatic carbocycles. The first-order chi connectivity index (χ1) is 14.3. The number of fused-ring (bicyclic) bond motifs is 5. The molecule has 4 fully saturated rings. The van der Waals surface area contributed by atoms with E-state index in [1.54, 1.807) is 0 Å². The van der Waals surface area contributed by atoms with Crippen LogP contribution in [-0.2, 0) is 6.42 Å². The van der Waals surface area contributed by atoms with Crippen molar-refractivity contribution in [2.24, 2.45) is 46.8 Å². The highest BCUT2D eigenvalue weighted by Gasteiger charge is 2.58. The zero-order chi connectivity index (χ0) is 21.1. The van der Waals surface area contributed by atoms with E-state index in [1.807, 2.05) is 12.4 Å². The summed E-state index contributed by atoms with van der Waals surface area (Å²) in [5, 5.41) is 10.6. The van der Waals surface area contributed by atoms with Crippen LogP contribution in [0.25, 0.3) is 0 Å². The van der Waals surface area contributed by atoms with Crippen molar-refractivity contribution < 1.29 is 5.11 Å². The Bertz CT molecular complexity index is 759. The summed E-state index contributed by atoms with van der Waals surface area (Å²) in [5.41, 5.74) is 1.26. The first kappa shape index (κ1) is 20.9. The van der Waals surface area contributed by atoms with Crippen molar-refractivity contribution in [2.75, 3.05) is 0 Å². The van der Waals surface area contributed by atoms with Crippen molar-refractivity contribution in [1.29, 1.82) is 0 Å². The van der Waals surface area contributed by atoms with Gasteiger partial charge in [0.25, 0.3) is 0 Å². The van der Waals surface area contributed by atoms with Crippen LogP contribution < -0.4 is 0 Å². The number of nitrogens with zero attached hydrogens (tertiary/aromatic N) is 2. The molecule has 4 saturated carbocycles. The fourth-order valence-electron chi connectivity index (χ4n) is 9.01. The number of aliphatic hydroxyl groups is 1. The third-order valence-electron chi connectivity index (χ3n) is 10.3. The molecule has 3 nitrogen and oxygen atoms in total. The largest absolute Gasteiger partial charge is 0.390 e. The molecule has 1 aromatic rings. The first-order valence-corrected chi connectivity index (χ1v) is 12.8. The molecule has 0 aliphatic heterocycles. The van der Waals surface area contributed by atoms with Crippen molar-refractivity contribution in [2.45, 2.75) is 97.5 Å². The summed E-state index contributed by atoms with van der Waals surface area (Å²) < 4.78 is 0. The van der Waals surface area contributed by atoms with E-state index in [1.165, 1.54) is 44.9 Å². The summed E-state index contributed by atoms with van der Waals surface area (Å²) in [4.78, 5) is 9.21. The molecule has 5 rings (SSSR count). The fourth-order valence-corrected chi connectivity index (χ4v) is 9.01. The van der Waals surface area contributed by atoms with E-state index in [2.05, 4.69) is 37.7 Å². The first-order valence-electron chi connectivity index (χ1n) is 12.8. The molecular weight excluding hydrogens is 368 g/mol. The van der Waals surface area contributed by atoms with Gasteiger partial charge in [0.05, 0.1) is 5.60 Å². The van der Waals surface area contributed by atoms with Gasteiger partial charge in [-0.05, 0) is 124 Å². The Balaban J connectivity index is 1.30. The highest BCUT2D eigenvalue weighted by molar-refractivity contribution is 5.09. The van der Waals surface area contributed by atoms with Crippen LogP contribution in [0.5, 0.6) is 0 Å². The average molecular weight is 411 g/mol. The van der Waals surface area contributed by atoms with E-state index in [0.717, 1.165) is 66.2 Å². The van der Waals surface area contributed by atoms with Crippen molar-refractivity contribution >= 4 is 0 Å². The second-order valence-corrected chi connectivity index (χ2v) is 12.3. The van der Waals surface area contributed by atoms with Gasteiger partial charge in [0.1, 0.15) is 5.82 Å². The van der Waals surface area contributed by atoms with Crippen molar-refractivity contribution in [3.63, 3.8) is 0 Å². The molecule has 0 bridgehead atoms. The summed E-state index contributed by atoms with van der Waals surface area (Å²) in [7, 11) is 0. The van der Waals surface area contributed by atoms with E-state index in [0.29, 0.717) is 11.3 Å². The van der Waals surface area contributed by atoms with Crippen LogP contribution in [0.2, 0.25) is 0 Å². The molecule has 1 aromatic heterocycles. The molecular formula is C27H42N2O. The van der Waals surface area contributed by atoms with Crippen molar-refractivity contribution in [1.82, 2.24) is 9.97 Å². The molecule has 9 atom stereocenters. The van der Waals surface area contributed by atoms with Gasteiger partial charge in [0.2, 0.25) is 0 Å². The molecule has 0 saturated heterocycles. The quantitative estimate of drug-likeness (QED) is 0.666. The Kier molecular flexibility index (Phi) is 5.28. The summed E-state index contributed by atoms with van der Waals surface area (Å²) in [5.74, 6) is 7.00. The average Bonchev–Trinajstić information content (AvgIpc) is 3.06. The standard InChI is InChI=1S/C27H42N2O/c1-17-15-28-25(29-16-17)13-18(2)23-7-8-24-22-6-5-19-14-26(3,30)11-9-20(19)21(22)10-12-27(23,24)4/h15-16,18-24,30H,5-14H2,1-4H3/t18-,19+,20-,21+,22+,23+,24-,26+,27+/m0/s1. The van der Waals surface area contributed by atoms with Gasteiger partial charge in [-0.15, -0.1) is 0 Å². The number of aromatic nitrogens is 2. The lowest BCUT2D eigenvalue weighted by atomic mass is 9.48. The third-order valence-corrected chi connectivity index (χ3v) is 10.3. The topological polar surface area (TPSA) is 46.0 Å². The van der Waals surface area contributed by atoms with Crippen LogP contribution in [0.4, 0.5) is 0 Å². The lowest BCUT2D eigenvalue weighted by Crippen LogP contribution is -2.50. The van der Waals surface area contributed by atoms with E-state index in [9.17, 15) is 5.11 Å². The van der Waals surface area contributed by atoms with Gasteiger partial charge >= 0.3 is 0 Å². The second-order valence-electron chi connectivity index (χ2n) is 12.3. The summed E-state index contributed by atoms with van der Waals surface area (Å²) in [6.45, 7) is 9.26. The van der Waals surface area contributed by atoms with Gasteiger partial charge in [-0.1, -0.05) is 13.8 Å². The molecule has 1 heterocycles. The molecule has 4 aliphatic rings. The van der Waals surface area contributed by atoms with Gasteiger partial charge in [-0.3, -0.25) is 0 Å². The predicted molar refractivity (Wildman–Crippen MR) is 121 cm³/mol. The molecule has 4 aliphatic carbocycles. The maximum atomic E-state index is 10.6. The van der Waals surface area contributed by atoms with E-state index in [4.69, 9.17) is 0 Å². The van der Waals surface area contributed by atoms with Gasteiger partial charge < -0.3 is 5.11 Å². The normalized spacial score (nSPS) is 46.6. The number of hydrogen-bond acceptors (Lipinski definition) is 3. The van der Waals surface area contributed by atoms with Crippen LogP contribution in [0, 0.1) is 53.8 Å². The second kappa shape index (κ2) is 7.57. The third kappa shape index (κ3) is 3.53. The fraction of sp³-hybridized carbons (Fsp3) is 0.852. The number of hydrogen-bond donors (Lipinski definition) is 1. The highest BCUT2D eigenvalue weighted by atomic mass is 16.3. The monoisotopic (exact) mass is 410 g/mol. The van der Waals surface area contributed by atoms with Gasteiger partial charge in [-0.2, -0.15) is 0 Å². The van der Waals surface area contributed by atoms with Crippen molar-refractivity contribution in [3.8, 4) is 0 Å². The van der Waals surface area contributed by atoms with Crippen LogP contribution in [0.15, 0.2) is 12.4 Å². The summed E-state index contributed by atoms with van der Waals surface area (Å²) >= 11 is 0. The van der Waals surface area contributed by atoms with E-state index < -0.39 is 5.60 Å². The smallest absolute Gasteiger partial charge is 0.128 e. The zero-order valence-corrected chi connectivity index (χ0v) is 19.6. The minimum atomic E-state index is -0.400. The predicted octanol–water partition coefficient (Wildman–Crippen LogP) is 5.98. The molecule has 30 heavy (non-hydrogen) atoms. The van der Waals surface area contributed by atoms with E-state index >= 15 is 0 Å². The van der Waals surface area contributed by atoms with Crippen LogP contribution >= 0.6 is 0 Å². The van der Waals surface area contributed by atoms with Crippen LogP contribution in [0.3, 0.4) is 0 Å². The van der Waals surface area contributed by atoms with Gasteiger partial charge in [0.15, 0.2) is 0 Å². The van der Waals surface area contributed by atoms with Gasteiger partial charge in [-0.25, -0.2) is 9.97 Å². The zero-order valence-electron chi connectivity index (χ0n) is 19.6. The molecule has 166 valence electrons. The van der Waals surface area contributed by atoms with Crippen LogP contribution in [-0.4, -0.2) is 20.7 Å². The maximum Gasteiger partial charge on any atom is 0.128 e. The Morgan fingerprint density at radius 1 is 0.967 bits per heavy atom. The minimum absolute atomic E-state index is 0.400. The highest BCUT2D eigenvalue weighted by Crippen LogP contribution is 2.65. The molecule has 3 heteroatoms. The lowest BCUT2D eigenvalue weighted by Gasteiger charge is -2.57. The minimum Gasteiger partial charge on any atom is -0.390 e. The Labute approximate surface area is 183 Å². The molecule has 0 spiro atoms. The molecule has 0 amide bonds. The number of aryl methyl sites for hydroxylation is 1. The number of rotatable bonds is 3. The summed E-state index contributed by atoms with van der Waals surface area (Å²) in [6.07, 6.45) is 16.8. The Hall–Kier alpha value is -0.960. The molecule has 1 N–H and O–H groups in total. The van der Waals surface area contributed by atoms with E-state index in [-0.39, 0.29) is 0 Å². The summed E-state index contributed by atoms with van der Waals surface area (Å²) in [6, 6.07) is 0. The maximum absolute atomic E-state index is 10.6. The molecule has 0 unspecified atom stereocenters. The van der Waals surface area contributed by atoms with Gasteiger partial charge in [0, 0.05) is 18.8 Å². The SMILES string of the molecule is Cc1cnc(C[C@H](C)[C@H]2CC[C@H]3[C@@H]4CC[C@@H]5C[C@](C)(O)CC[C@@H]5[C@H]4CC[C@]23C)nc1. The van der Waals surface area contributed by atoms with Crippen LogP contribution in [0.1, 0.15) is 89.9 Å². The molecule has 0 radical (unpaired) electrons. The van der Waals surface area contributed by atoms with Crippen molar-refractivity contribution in [3.05, 3.63) is 23.8 Å². The Morgan fingerprint density at radius 3 is 2.47 bits per heavy atom.